The average Bonchev–Trinajstić information content (AvgIpc) is 3.28. The summed E-state index contributed by atoms with van der Waals surface area (Å²) >= 11 is 1.56. The van der Waals surface area contributed by atoms with Crippen LogP contribution in [0.3, 0.4) is 0 Å². The van der Waals surface area contributed by atoms with Crippen molar-refractivity contribution in [2.75, 3.05) is 18.8 Å². The molecule has 4 rings (SSSR count). The van der Waals surface area contributed by atoms with Crippen LogP contribution < -0.4 is 0 Å². The van der Waals surface area contributed by atoms with E-state index in [0.29, 0.717) is 29.2 Å². The van der Waals surface area contributed by atoms with Crippen molar-refractivity contribution in [3.8, 4) is 0 Å². The third kappa shape index (κ3) is 4.85. The predicted molar refractivity (Wildman–Crippen MR) is 111 cm³/mol. The summed E-state index contributed by atoms with van der Waals surface area (Å²) in [4.78, 5) is 14.0. The average molecular weight is 420 g/mol. The second-order valence-corrected chi connectivity index (χ2v) is 9.58. The van der Waals surface area contributed by atoms with E-state index in [1.165, 1.54) is 37.8 Å². The monoisotopic (exact) mass is 419 g/mol. The fourth-order valence-electron chi connectivity index (χ4n) is 5.20. The van der Waals surface area contributed by atoms with Crippen molar-refractivity contribution >= 4 is 17.7 Å². The van der Waals surface area contributed by atoms with E-state index in [4.69, 9.17) is 0 Å². The Morgan fingerprint density at radius 1 is 1.17 bits per heavy atom. The topological polar surface area (TPSA) is 40.5 Å². The zero-order chi connectivity index (χ0) is 20.4. The van der Waals surface area contributed by atoms with Gasteiger partial charge in [0, 0.05) is 19.2 Å². The maximum atomic E-state index is 13.3. The number of benzene rings is 1. The summed E-state index contributed by atoms with van der Waals surface area (Å²) in [7, 11) is 0. The summed E-state index contributed by atoms with van der Waals surface area (Å²) in [6, 6.07) is 3.60. The van der Waals surface area contributed by atoms with Gasteiger partial charge in [-0.2, -0.15) is 0 Å². The van der Waals surface area contributed by atoms with Crippen LogP contribution in [0.2, 0.25) is 0 Å². The number of aryl methyl sites for hydroxylation is 1. The zero-order valence-corrected chi connectivity index (χ0v) is 17.3. The minimum atomic E-state index is -0.895. The van der Waals surface area contributed by atoms with E-state index in [2.05, 4.69) is 4.90 Å². The summed E-state index contributed by atoms with van der Waals surface area (Å²) in [5.74, 6) is 1.04. The van der Waals surface area contributed by atoms with Crippen LogP contribution in [0.5, 0.6) is 0 Å². The van der Waals surface area contributed by atoms with Crippen LogP contribution in [0.25, 0.3) is 0 Å². The number of hydrogen-bond donors (Lipinski definition) is 1. The standard InChI is InChI=1S/C23H27F2NO2S/c24-19-11-15(12-20(25)13-19)3-2-8-29-22-21(23(27)28)4-1-7-26(22)14-18-10-16-5-6-17(18)9-16/h1,4,11-13,16-18H,2-3,5-10,14H2,(H,27,28). The molecule has 1 aliphatic heterocycles. The van der Waals surface area contributed by atoms with Crippen LogP contribution in [-0.4, -0.2) is 34.8 Å². The van der Waals surface area contributed by atoms with Crippen LogP contribution in [0.15, 0.2) is 41.0 Å². The van der Waals surface area contributed by atoms with E-state index >= 15 is 0 Å². The van der Waals surface area contributed by atoms with E-state index in [0.717, 1.165) is 42.4 Å². The summed E-state index contributed by atoms with van der Waals surface area (Å²) in [6.45, 7) is 1.68. The number of rotatable bonds is 8. The molecule has 0 spiro atoms. The molecule has 3 unspecified atom stereocenters. The molecular weight excluding hydrogens is 392 g/mol. The van der Waals surface area contributed by atoms with Crippen molar-refractivity contribution in [3.05, 3.63) is 58.2 Å². The number of fused-ring (bicyclic) bond motifs is 2. The maximum Gasteiger partial charge on any atom is 0.338 e. The Hall–Kier alpha value is -1.82. The highest BCUT2D eigenvalue weighted by molar-refractivity contribution is 8.03. The van der Waals surface area contributed by atoms with E-state index in [1.807, 2.05) is 6.08 Å². The van der Waals surface area contributed by atoms with Gasteiger partial charge in [-0.1, -0.05) is 12.5 Å². The van der Waals surface area contributed by atoms with Gasteiger partial charge in [-0.3, -0.25) is 0 Å². The van der Waals surface area contributed by atoms with Gasteiger partial charge in [-0.05, 0) is 79.4 Å². The highest BCUT2D eigenvalue weighted by Crippen LogP contribution is 2.49. The Morgan fingerprint density at radius 3 is 2.62 bits per heavy atom. The molecule has 3 aliphatic rings. The molecule has 0 saturated heterocycles. The van der Waals surface area contributed by atoms with Crippen molar-refractivity contribution in [3.63, 3.8) is 0 Å². The minimum absolute atomic E-state index is 0.362. The molecule has 29 heavy (non-hydrogen) atoms. The number of carbonyl (C=O) groups is 1. The smallest absolute Gasteiger partial charge is 0.338 e. The first kappa shape index (κ1) is 20.5. The first-order valence-corrected chi connectivity index (χ1v) is 11.4. The molecule has 3 atom stereocenters. The Bertz CT molecular complexity index is 818. The van der Waals surface area contributed by atoms with Gasteiger partial charge in [-0.25, -0.2) is 13.6 Å². The molecule has 1 N–H and O–H groups in total. The first-order chi connectivity index (χ1) is 14.0. The number of carboxylic acid groups (broad SMARTS) is 1. The number of nitrogens with zero attached hydrogens (tertiary/aromatic N) is 1. The van der Waals surface area contributed by atoms with Crippen molar-refractivity contribution in [2.45, 2.75) is 38.5 Å². The van der Waals surface area contributed by atoms with Gasteiger partial charge >= 0.3 is 5.97 Å². The molecule has 1 aromatic carbocycles. The predicted octanol–water partition coefficient (Wildman–Crippen LogP) is 5.23. The minimum Gasteiger partial charge on any atom is -0.478 e. The molecule has 156 valence electrons. The van der Waals surface area contributed by atoms with Crippen molar-refractivity contribution in [2.24, 2.45) is 17.8 Å². The van der Waals surface area contributed by atoms with Gasteiger partial charge in [0.25, 0.3) is 0 Å². The normalized spacial score (nSPS) is 25.9. The third-order valence-corrected chi connectivity index (χ3v) is 7.71. The Kier molecular flexibility index (Phi) is 6.28. The maximum absolute atomic E-state index is 13.3. The lowest BCUT2D eigenvalue weighted by atomic mass is 9.88. The van der Waals surface area contributed by atoms with Crippen molar-refractivity contribution < 1.29 is 18.7 Å². The number of carboxylic acids is 1. The molecule has 2 aliphatic carbocycles. The van der Waals surface area contributed by atoms with E-state index in [-0.39, 0.29) is 0 Å². The lowest BCUT2D eigenvalue weighted by molar-refractivity contribution is -0.132. The summed E-state index contributed by atoms with van der Waals surface area (Å²) in [6.07, 6.45) is 10.3. The van der Waals surface area contributed by atoms with Gasteiger partial charge in [0.05, 0.1) is 10.6 Å². The lowest BCUT2D eigenvalue weighted by Crippen LogP contribution is -2.33. The van der Waals surface area contributed by atoms with Crippen LogP contribution in [-0.2, 0) is 11.2 Å². The zero-order valence-electron chi connectivity index (χ0n) is 16.4. The summed E-state index contributed by atoms with van der Waals surface area (Å²) in [5, 5.41) is 10.5. The van der Waals surface area contributed by atoms with Crippen LogP contribution in [0.1, 0.15) is 37.7 Å². The summed E-state index contributed by atoms with van der Waals surface area (Å²) < 4.78 is 26.7. The second-order valence-electron chi connectivity index (χ2n) is 8.50. The molecule has 0 aromatic heterocycles. The molecule has 0 radical (unpaired) electrons. The Morgan fingerprint density at radius 2 is 1.97 bits per heavy atom. The van der Waals surface area contributed by atoms with Crippen LogP contribution in [0, 0.1) is 29.4 Å². The largest absolute Gasteiger partial charge is 0.478 e. The van der Waals surface area contributed by atoms with E-state index < -0.39 is 17.6 Å². The van der Waals surface area contributed by atoms with Crippen molar-refractivity contribution in [1.29, 1.82) is 0 Å². The SMILES string of the molecule is O=C(O)C1=C(SCCCc2cc(F)cc(F)c2)N(CC2CC3CCC2C3)CC=C1. The Labute approximate surface area is 174 Å². The van der Waals surface area contributed by atoms with E-state index in [9.17, 15) is 18.7 Å². The molecular formula is C23H27F2NO2S. The second kappa shape index (κ2) is 8.90. The van der Waals surface area contributed by atoms with Crippen molar-refractivity contribution in [1.82, 2.24) is 4.90 Å². The molecule has 3 nitrogen and oxygen atoms in total. The van der Waals surface area contributed by atoms with Crippen LogP contribution in [0.4, 0.5) is 8.78 Å². The fraction of sp³-hybridized carbons (Fsp3) is 0.522. The van der Waals surface area contributed by atoms with Crippen LogP contribution >= 0.6 is 11.8 Å². The molecule has 0 amide bonds. The van der Waals surface area contributed by atoms with Gasteiger partial charge in [0.1, 0.15) is 11.6 Å². The summed E-state index contributed by atoms with van der Waals surface area (Å²) in [5.41, 5.74) is 0.999. The highest BCUT2D eigenvalue weighted by Gasteiger charge is 2.40. The molecule has 2 bridgehead atoms. The quantitative estimate of drug-likeness (QED) is 0.586. The molecule has 2 saturated carbocycles. The number of aliphatic carboxylic acids is 1. The van der Waals surface area contributed by atoms with E-state index in [1.54, 1.807) is 17.8 Å². The Balaban J connectivity index is 1.38. The fourth-order valence-corrected chi connectivity index (χ4v) is 6.32. The lowest BCUT2D eigenvalue weighted by Gasteiger charge is -2.34. The number of thioether (sulfide) groups is 1. The number of hydrogen-bond acceptors (Lipinski definition) is 3. The molecule has 6 heteroatoms. The van der Waals surface area contributed by atoms with Gasteiger partial charge in [-0.15, -0.1) is 11.8 Å². The molecule has 1 heterocycles. The molecule has 1 aromatic rings. The molecule has 2 fully saturated rings. The number of halogens is 2. The van der Waals surface area contributed by atoms with Gasteiger partial charge in [0.2, 0.25) is 0 Å². The third-order valence-electron chi connectivity index (χ3n) is 6.47. The first-order valence-electron chi connectivity index (χ1n) is 10.5. The van der Waals surface area contributed by atoms with Gasteiger partial charge in [0.15, 0.2) is 0 Å². The van der Waals surface area contributed by atoms with Gasteiger partial charge < -0.3 is 10.0 Å². The highest BCUT2D eigenvalue weighted by atomic mass is 32.2.